The number of aromatic nitrogens is 2. The van der Waals surface area contributed by atoms with Gasteiger partial charge in [-0.1, -0.05) is 0 Å². The zero-order valence-electron chi connectivity index (χ0n) is 7.16. The number of halogens is 6. The quantitative estimate of drug-likeness (QED) is 0.231. The Morgan fingerprint density at radius 3 is 1.81 bits per heavy atom. The monoisotopic (exact) mass is 238 g/mol. The summed E-state index contributed by atoms with van der Waals surface area (Å²) in [6.45, 7) is 0. The van der Waals surface area contributed by atoms with Crippen molar-refractivity contribution < 1.29 is 26.3 Å². The van der Waals surface area contributed by atoms with Crippen molar-refractivity contribution in [3.05, 3.63) is 35.3 Å². The Labute approximate surface area is 83.5 Å². The molecule has 1 aromatic carbocycles. The van der Waals surface area contributed by atoms with Gasteiger partial charge in [0.05, 0.1) is 5.39 Å². The number of hydrogen-bond acceptors (Lipinski definition) is 2. The molecular weight excluding hydrogens is 238 g/mol. The normalized spacial score (nSPS) is 11.1. The fourth-order valence-corrected chi connectivity index (χ4v) is 1.17. The fourth-order valence-electron chi connectivity index (χ4n) is 1.17. The first-order valence-corrected chi connectivity index (χ1v) is 3.78. The molecule has 0 unspecified atom stereocenters. The van der Waals surface area contributed by atoms with Crippen LogP contribution in [0.25, 0.3) is 10.9 Å². The second-order valence-corrected chi connectivity index (χ2v) is 2.76. The molecule has 0 bridgehead atoms. The number of benzene rings is 1. The van der Waals surface area contributed by atoms with Crippen LogP contribution in [-0.4, -0.2) is 9.97 Å². The lowest BCUT2D eigenvalue weighted by molar-refractivity contribution is 0.410. The van der Waals surface area contributed by atoms with E-state index in [9.17, 15) is 26.3 Å². The zero-order chi connectivity index (χ0) is 12.0. The van der Waals surface area contributed by atoms with Crippen molar-refractivity contribution in [3.8, 4) is 0 Å². The molecule has 0 aliphatic rings. The first kappa shape index (κ1) is 10.7. The van der Waals surface area contributed by atoms with Crippen LogP contribution in [0, 0.1) is 35.3 Å². The molecule has 0 atom stereocenters. The summed E-state index contributed by atoms with van der Waals surface area (Å²) < 4.78 is 76.8. The molecule has 0 radical (unpaired) electrons. The third kappa shape index (κ3) is 1.29. The molecule has 0 saturated carbocycles. The van der Waals surface area contributed by atoms with Gasteiger partial charge in [0.2, 0.25) is 5.95 Å². The lowest BCUT2D eigenvalue weighted by Crippen LogP contribution is -2.05. The van der Waals surface area contributed by atoms with Crippen LogP contribution in [0.3, 0.4) is 0 Å². The summed E-state index contributed by atoms with van der Waals surface area (Å²) in [4.78, 5) is 5.09. The largest absolute Gasteiger partial charge is 0.311 e. The smallest absolute Gasteiger partial charge is 0.203 e. The Morgan fingerprint density at radius 1 is 0.625 bits per heavy atom. The first-order chi connectivity index (χ1) is 7.43. The van der Waals surface area contributed by atoms with Crippen LogP contribution in [0.4, 0.5) is 26.3 Å². The van der Waals surface area contributed by atoms with E-state index in [0.29, 0.717) is 0 Å². The van der Waals surface area contributed by atoms with Gasteiger partial charge in [-0.05, 0) is 0 Å². The van der Waals surface area contributed by atoms with Crippen LogP contribution in [0.5, 0.6) is 0 Å². The van der Waals surface area contributed by atoms with Gasteiger partial charge in [-0.25, -0.2) is 17.6 Å². The van der Waals surface area contributed by atoms with Gasteiger partial charge in [-0.15, -0.1) is 0 Å². The first-order valence-electron chi connectivity index (χ1n) is 3.78. The topological polar surface area (TPSA) is 25.8 Å². The van der Waals surface area contributed by atoms with Crippen molar-refractivity contribution in [1.29, 1.82) is 0 Å². The van der Waals surface area contributed by atoms with Crippen molar-refractivity contribution in [2.75, 3.05) is 0 Å². The molecule has 0 spiro atoms. The fraction of sp³-hybridized carbons (Fsp3) is 0. The molecule has 1 heterocycles. The van der Waals surface area contributed by atoms with E-state index in [-0.39, 0.29) is 0 Å². The maximum absolute atomic E-state index is 13.0. The minimum absolute atomic E-state index is 1.29. The predicted molar refractivity (Wildman–Crippen MR) is 39.3 cm³/mol. The van der Waals surface area contributed by atoms with E-state index < -0.39 is 46.2 Å². The molecule has 0 aliphatic carbocycles. The molecule has 16 heavy (non-hydrogen) atoms. The highest BCUT2D eigenvalue weighted by Gasteiger charge is 2.25. The van der Waals surface area contributed by atoms with Crippen LogP contribution < -0.4 is 0 Å². The second kappa shape index (κ2) is 3.32. The van der Waals surface area contributed by atoms with Gasteiger partial charge in [0.25, 0.3) is 0 Å². The van der Waals surface area contributed by atoms with E-state index in [1.807, 2.05) is 0 Å². The zero-order valence-corrected chi connectivity index (χ0v) is 7.16. The van der Waals surface area contributed by atoms with Gasteiger partial charge in [0.1, 0.15) is 5.52 Å². The number of rotatable bonds is 0. The predicted octanol–water partition coefficient (Wildman–Crippen LogP) is 2.46. The molecule has 0 aliphatic heterocycles. The highest BCUT2D eigenvalue weighted by molar-refractivity contribution is 5.79. The minimum Gasteiger partial charge on any atom is -0.203 e. The molecule has 1 aromatic heterocycles. The molecule has 2 rings (SSSR count). The van der Waals surface area contributed by atoms with Crippen LogP contribution >= 0.6 is 0 Å². The standard InChI is InChI=1S/C8F6N2/c9-2-1-6(5(12)4(11)3(2)10)15-8(14)16-7(1)13. The molecule has 2 nitrogen and oxygen atoms in total. The summed E-state index contributed by atoms with van der Waals surface area (Å²) in [5.41, 5.74) is -1.29. The van der Waals surface area contributed by atoms with E-state index >= 15 is 0 Å². The maximum atomic E-state index is 13.0. The average Bonchev–Trinajstić information content (AvgIpc) is 2.22. The van der Waals surface area contributed by atoms with Crippen molar-refractivity contribution in [2.45, 2.75) is 0 Å². The molecule has 0 saturated heterocycles. The summed E-state index contributed by atoms with van der Waals surface area (Å²) in [5.74, 6) is -10.2. The summed E-state index contributed by atoms with van der Waals surface area (Å²) in [5, 5.41) is -1.34. The third-order valence-electron chi connectivity index (χ3n) is 1.84. The van der Waals surface area contributed by atoms with E-state index in [4.69, 9.17) is 0 Å². The van der Waals surface area contributed by atoms with Crippen LogP contribution in [-0.2, 0) is 0 Å². The molecule has 8 heteroatoms. The maximum Gasteiger partial charge on any atom is 0.311 e. The van der Waals surface area contributed by atoms with Crippen molar-refractivity contribution in [1.82, 2.24) is 9.97 Å². The average molecular weight is 238 g/mol. The Kier molecular flexibility index (Phi) is 2.21. The highest BCUT2D eigenvalue weighted by atomic mass is 19.2. The summed E-state index contributed by atoms with van der Waals surface area (Å²) >= 11 is 0. The van der Waals surface area contributed by atoms with Gasteiger partial charge in [0.15, 0.2) is 23.3 Å². The summed E-state index contributed by atoms with van der Waals surface area (Å²) in [6.07, 6.45) is -1.71. The molecule has 84 valence electrons. The molecule has 0 fully saturated rings. The van der Waals surface area contributed by atoms with Crippen molar-refractivity contribution in [3.63, 3.8) is 0 Å². The highest BCUT2D eigenvalue weighted by Crippen LogP contribution is 2.26. The van der Waals surface area contributed by atoms with Crippen molar-refractivity contribution >= 4 is 10.9 Å². The number of nitrogens with zero attached hydrogens (tertiary/aromatic N) is 2. The lowest BCUT2D eigenvalue weighted by atomic mass is 10.2. The summed E-state index contributed by atoms with van der Waals surface area (Å²) in [6, 6.07) is 0. The molecule has 0 amide bonds. The Hall–Kier alpha value is -1.86. The Bertz CT molecular complexity index is 597. The van der Waals surface area contributed by atoms with E-state index in [2.05, 4.69) is 9.97 Å². The van der Waals surface area contributed by atoms with E-state index in [1.165, 1.54) is 0 Å². The van der Waals surface area contributed by atoms with Crippen LogP contribution in [0.1, 0.15) is 0 Å². The van der Waals surface area contributed by atoms with Gasteiger partial charge >= 0.3 is 6.08 Å². The summed E-state index contributed by atoms with van der Waals surface area (Å²) in [7, 11) is 0. The third-order valence-corrected chi connectivity index (χ3v) is 1.84. The molecule has 0 N–H and O–H groups in total. The SMILES string of the molecule is Fc1nc(F)c2c(F)c(F)c(F)c(F)c2n1. The molecule has 2 aromatic rings. The minimum atomic E-state index is -2.21. The van der Waals surface area contributed by atoms with E-state index in [0.717, 1.165) is 0 Å². The van der Waals surface area contributed by atoms with E-state index in [1.54, 1.807) is 0 Å². The number of fused-ring (bicyclic) bond motifs is 1. The Balaban J connectivity index is 3.08. The van der Waals surface area contributed by atoms with Crippen LogP contribution in [0.2, 0.25) is 0 Å². The van der Waals surface area contributed by atoms with Crippen molar-refractivity contribution in [2.24, 2.45) is 0 Å². The van der Waals surface area contributed by atoms with Gasteiger partial charge in [0, 0.05) is 0 Å². The molecular formula is C8F6N2. The van der Waals surface area contributed by atoms with Crippen LogP contribution in [0.15, 0.2) is 0 Å². The lowest BCUT2D eigenvalue weighted by Gasteiger charge is -2.03. The van der Waals surface area contributed by atoms with Gasteiger partial charge in [-0.2, -0.15) is 18.7 Å². The van der Waals surface area contributed by atoms with Gasteiger partial charge < -0.3 is 0 Å². The Morgan fingerprint density at radius 2 is 1.19 bits per heavy atom. The number of hydrogen-bond donors (Lipinski definition) is 0. The second-order valence-electron chi connectivity index (χ2n) is 2.76. The van der Waals surface area contributed by atoms with Gasteiger partial charge in [-0.3, -0.25) is 0 Å².